The van der Waals surface area contributed by atoms with E-state index < -0.39 is 0 Å². The molecule has 0 saturated heterocycles. The van der Waals surface area contributed by atoms with Crippen LogP contribution in [0.1, 0.15) is 55.6 Å². The molecule has 4 rings (SSSR count). The molecule has 0 radical (unpaired) electrons. The summed E-state index contributed by atoms with van der Waals surface area (Å²) in [5.41, 5.74) is 0. The zero-order chi connectivity index (χ0) is 18.5. The molecule has 1 aliphatic carbocycles. The topological polar surface area (TPSA) is 120 Å². The van der Waals surface area contributed by atoms with E-state index in [1.54, 1.807) is 18.4 Å². The number of carbonyl (C=O) groups is 1. The Morgan fingerprint density at radius 3 is 2.85 bits per heavy atom. The van der Waals surface area contributed by atoms with Crippen molar-refractivity contribution in [3.05, 3.63) is 36.0 Å². The molecule has 3 aromatic rings. The molecule has 1 aliphatic rings. The summed E-state index contributed by atoms with van der Waals surface area (Å²) in [4.78, 5) is 20.6. The summed E-state index contributed by atoms with van der Waals surface area (Å²) in [5, 5.41) is 10.7. The van der Waals surface area contributed by atoms with Gasteiger partial charge in [0.15, 0.2) is 11.6 Å². The maximum absolute atomic E-state index is 12.0. The van der Waals surface area contributed by atoms with Crippen molar-refractivity contribution >= 4 is 5.91 Å². The molecular formula is C18H21N5O4. The minimum atomic E-state index is -0.0905. The molecule has 0 spiro atoms. The van der Waals surface area contributed by atoms with Gasteiger partial charge in [-0.3, -0.25) is 4.79 Å². The highest BCUT2D eigenvalue weighted by atomic mass is 16.5. The first-order valence-corrected chi connectivity index (χ1v) is 9.23. The minimum absolute atomic E-state index is 0.0905. The zero-order valence-corrected chi connectivity index (χ0v) is 14.9. The fourth-order valence-electron chi connectivity index (χ4n) is 3.19. The van der Waals surface area contributed by atoms with Crippen molar-refractivity contribution < 1.29 is 18.3 Å². The third-order valence-corrected chi connectivity index (χ3v) is 4.63. The summed E-state index contributed by atoms with van der Waals surface area (Å²) >= 11 is 0. The van der Waals surface area contributed by atoms with Gasteiger partial charge in [-0.25, -0.2) is 0 Å². The molecule has 27 heavy (non-hydrogen) atoms. The smallest absolute Gasteiger partial charge is 0.238 e. The predicted molar refractivity (Wildman–Crippen MR) is 92.5 cm³/mol. The second-order valence-corrected chi connectivity index (χ2v) is 6.62. The zero-order valence-electron chi connectivity index (χ0n) is 14.9. The van der Waals surface area contributed by atoms with E-state index in [1.165, 1.54) is 12.8 Å². The van der Waals surface area contributed by atoms with Crippen LogP contribution in [0.4, 0.5) is 0 Å². The van der Waals surface area contributed by atoms with Crippen molar-refractivity contribution in [1.29, 1.82) is 0 Å². The fraction of sp³-hybridized carbons (Fsp3) is 0.500. The van der Waals surface area contributed by atoms with Crippen LogP contribution >= 0.6 is 0 Å². The standard InChI is InChI=1S/C18H21N5O4/c24-15(7-8-16-21-17(23-26-16)13-6-3-11-25-13)19-10-9-14-20-18(27-22-14)12-4-1-2-5-12/h3,6,11-12H,1-2,4-5,7-10H2,(H,19,24). The van der Waals surface area contributed by atoms with Crippen molar-refractivity contribution in [3.63, 3.8) is 0 Å². The summed E-state index contributed by atoms with van der Waals surface area (Å²) in [5.74, 6) is 3.00. The summed E-state index contributed by atoms with van der Waals surface area (Å²) in [6.45, 7) is 0.462. The van der Waals surface area contributed by atoms with Crippen LogP contribution < -0.4 is 5.32 Å². The van der Waals surface area contributed by atoms with E-state index in [2.05, 4.69) is 25.6 Å². The maximum Gasteiger partial charge on any atom is 0.238 e. The summed E-state index contributed by atoms with van der Waals surface area (Å²) in [7, 11) is 0. The molecule has 0 aromatic carbocycles. The molecule has 0 unspecified atom stereocenters. The SMILES string of the molecule is O=C(CCc1nc(-c2ccco2)no1)NCCc1noc(C2CCCC2)n1. The molecule has 142 valence electrons. The number of aromatic nitrogens is 4. The van der Waals surface area contributed by atoms with Crippen molar-refractivity contribution in [2.75, 3.05) is 6.54 Å². The van der Waals surface area contributed by atoms with Crippen molar-refractivity contribution in [2.45, 2.75) is 50.9 Å². The number of nitrogens with one attached hydrogen (secondary N) is 1. The highest BCUT2D eigenvalue weighted by Crippen LogP contribution is 2.32. The number of hydrogen-bond acceptors (Lipinski definition) is 8. The van der Waals surface area contributed by atoms with Gasteiger partial charge in [0, 0.05) is 31.7 Å². The molecule has 3 aromatic heterocycles. The number of amides is 1. The monoisotopic (exact) mass is 371 g/mol. The first-order valence-electron chi connectivity index (χ1n) is 9.23. The molecule has 9 heteroatoms. The van der Waals surface area contributed by atoms with Crippen LogP contribution in [0.5, 0.6) is 0 Å². The lowest BCUT2D eigenvalue weighted by molar-refractivity contribution is -0.121. The van der Waals surface area contributed by atoms with Crippen molar-refractivity contribution in [1.82, 2.24) is 25.6 Å². The third kappa shape index (κ3) is 4.42. The lowest BCUT2D eigenvalue weighted by Crippen LogP contribution is -2.26. The van der Waals surface area contributed by atoms with Gasteiger partial charge in [-0.15, -0.1) is 0 Å². The third-order valence-electron chi connectivity index (χ3n) is 4.63. The molecular weight excluding hydrogens is 350 g/mol. The normalized spacial score (nSPS) is 14.7. The molecule has 3 heterocycles. The van der Waals surface area contributed by atoms with E-state index in [9.17, 15) is 4.79 Å². The molecule has 0 aliphatic heterocycles. The number of carbonyl (C=O) groups excluding carboxylic acids is 1. The first kappa shape index (κ1) is 17.4. The van der Waals surface area contributed by atoms with Crippen LogP contribution in [-0.4, -0.2) is 32.7 Å². The van der Waals surface area contributed by atoms with E-state index in [4.69, 9.17) is 13.5 Å². The van der Waals surface area contributed by atoms with E-state index in [0.717, 1.165) is 18.7 Å². The second kappa shape index (κ2) is 8.15. The lowest BCUT2D eigenvalue weighted by atomic mass is 10.1. The molecule has 1 N–H and O–H groups in total. The Balaban J connectivity index is 1.18. The lowest BCUT2D eigenvalue weighted by Gasteiger charge is -2.01. The number of furan rings is 1. The summed E-state index contributed by atoms with van der Waals surface area (Å²) in [6, 6.07) is 3.50. The van der Waals surface area contributed by atoms with Gasteiger partial charge in [0.2, 0.25) is 23.5 Å². The van der Waals surface area contributed by atoms with E-state index in [1.807, 2.05) is 0 Å². The highest BCUT2D eigenvalue weighted by Gasteiger charge is 2.22. The Kier molecular flexibility index (Phi) is 5.27. The Bertz CT molecular complexity index is 864. The minimum Gasteiger partial charge on any atom is -0.461 e. The average molecular weight is 371 g/mol. The van der Waals surface area contributed by atoms with Gasteiger partial charge in [0.1, 0.15) is 0 Å². The van der Waals surface area contributed by atoms with Gasteiger partial charge in [0.05, 0.1) is 6.26 Å². The van der Waals surface area contributed by atoms with Crippen molar-refractivity contribution in [2.24, 2.45) is 0 Å². The first-order chi connectivity index (χ1) is 13.3. The Hall–Kier alpha value is -2.97. The number of nitrogens with zero attached hydrogens (tertiary/aromatic N) is 4. The maximum atomic E-state index is 12.0. The molecule has 1 fully saturated rings. The van der Waals surface area contributed by atoms with Crippen molar-refractivity contribution in [3.8, 4) is 11.6 Å². The van der Waals surface area contributed by atoms with Crippen LogP contribution in [-0.2, 0) is 17.6 Å². The van der Waals surface area contributed by atoms with Crippen LogP contribution in [0.2, 0.25) is 0 Å². The van der Waals surface area contributed by atoms with Gasteiger partial charge in [-0.1, -0.05) is 23.2 Å². The average Bonchev–Trinajstić information content (AvgIpc) is 3.48. The molecule has 9 nitrogen and oxygen atoms in total. The van der Waals surface area contributed by atoms with E-state index >= 15 is 0 Å². The van der Waals surface area contributed by atoms with Crippen LogP contribution in [0.25, 0.3) is 11.6 Å². The highest BCUT2D eigenvalue weighted by molar-refractivity contribution is 5.76. The van der Waals surface area contributed by atoms with Gasteiger partial charge < -0.3 is 18.8 Å². The predicted octanol–water partition coefficient (Wildman–Crippen LogP) is 2.66. The second-order valence-electron chi connectivity index (χ2n) is 6.62. The molecule has 1 saturated carbocycles. The quantitative estimate of drug-likeness (QED) is 0.641. The van der Waals surface area contributed by atoms with Gasteiger partial charge in [0.25, 0.3) is 0 Å². The van der Waals surface area contributed by atoms with Crippen LogP contribution in [0, 0.1) is 0 Å². The Labute approximate surface area is 155 Å². The van der Waals surface area contributed by atoms with Gasteiger partial charge in [-0.05, 0) is 25.0 Å². The van der Waals surface area contributed by atoms with E-state index in [0.29, 0.717) is 48.6 Å². The molecule has 0 atom stereocenters. The Morgan fingerprint density at radius 2 is 2.04 bits per heavy atom. The number of rotatable bonds is 8. The summed E-state index contributed by atoms with van der Waals surface area (Å²) < 4.78 is 15.7. The fourth-order valence-corrected chi connectivity index (χ4v) is 3.19. The Morgan fingerprint density at radius 1 is 1.15 bits per heavy atom. The van der Waals surface area contributed by atoms with E-state index in [-0.39, 0.29) is 12.3 Å². The number of aryl methyl sites for hydroxylation is 1. The number of hydrogen-bond donors (Lipinski definition) is 1. The largest absolute Gasteiger partial charge is 0.461 e. The van der Waals surface area contributed by atoms with Gasteiger partial charge >= 0.3 is 0 Å². The molecule has 1 amide bonds. The van der Waals surface area contributed by atoms with Gasteiger partial charge in [-0.2, -0.15) is 9.97 Å². The summed E-state index contributed by atoms with van der Waals surface area (Å²) in [6.07, 6.45) is 7.41. The van der Waals surface area contributed by atoms with Crippen LogP contribution in [0.15, 0.2) is 31.9 Å². The molecule has 0 bridgehead atoms. The van der Waals surface area contributed by atoms with Crippen LogP contribution in [0.3, 0.4) is 0 Å².